The topological polar surface area (TPSA) is 81.2 Å². The predicted molar refractivity (Wildman–Crippen MR) is 74.1 cm³/mol. The fourth-order valence-corrected chi connectivity index (χ4v) is 2.04. The van der Waals surface area contributed by atoms with Gasteiger partial charge in [-0.25, -0.2) is 0 Å². The molecule has 0 aliphatic carbocycles. The maximum atomic E-state index is 13.1. The molecule has 0 fully saturated rings. The zero-order valence-corrected chi connectivity index (χ0v) is 11.8. The number of benzene rings is 1. The van der Waals surface area contributed by atoms with Crippen LogP contribution in [0.1, 0.15) is 32.3 Å². The molecule has 0 amide bonds. The zero-order valence-electron chi connectivity index (χ0n) is 11.8. The molecule has 1 rings (SSSR count). The second-order valence-corrected chi connectivity index (χ2v) is 4.80. The molecule has 0 spiro atoms. The van der Waals surface area contributed by atoms with Crippen LogP contribution < -0.4 is 11.1 Å². The predicted octanol–water partition coefficient (Wildman–Crippen LogP) is 3.54. The number of non-ortho nitro benzene ring substituents is 1. The number of nitrogens with one attached hydrogen (secondary N) is 1. The first-order valence-electron chi connectivity index (χ1n) is 6.53. The summed E-state index contributed by atoms with van der Waals surface area (Å²) in [6.45, 7) is 3.80. The molecule has 8 heteroatoms. The molecule has 0 heterocycles. The van der Waals surface area contributed by atoms with Gasteiger partial charge < -0.3 is 11.1 Å². The largest absolute Gasteiger partial charge is 0.418 e. The maximum Gasteiger partial charge on any atom is 0.418 e. The number of nitro groups is 1. The van der Waals surface area contributed by atoms with Crippen LogP contribution in [0.15, 0.2) is 18.2 Å². The quantitative estimate of drug-likeness (QED) is 0.622. The number of hydrogen-bond donors (Lipinski definition) is 2. The summed E-state index contributed by atoms with van der Waals surface area (Å²) in [6.07, 6.45) is -3.61. The smallest absolute Gasteiger partial charge is 0.378 e. The van der Waals surface area contributed by atoms with Crippen LogP contribution in [-0.2, 0) is 6.18 Å². The van der Waals surface area contributed by atoms with E-state index in [4.69, 9.17) is 5.73 Å². The van der Waals surface area contributed by atoms with E-state index in [-0.39, 0.29) is 12.2 Å². The van der Waals surface area contributed by atoms with Gasteiger partial charge >= 0.3 is 6.18 Å². The zero-order chi connectivity index (χ0) is 16.3. The van der Waals surface area contributed by atoms with Crippen molar-refractivity contribution in [3.05, 3.63) is 33.9 Å². The Labute approximate surface area is 120 Å². The lowest BCUT2D eigenvalue weighted by Gasteiger charge is -2.33. The van der Waals surface area contributed by atoms with Crippen LogP contribution >= 0.6 is 0 Å². The lowest BCUT2D eigenvalue weighted by Crippen LogP contribution is -2.44. The maximum absolute atomic E-state index is 13.1. The van der Waals surface area contributed by atoms with Crippen molar-refractivity contribution in [2.75, 3.05) is 11.9 Å². The van der Waals surface area contributed by atoms with Crippen molar-refractivity contribution in [2.45, 2.75) is 38.4 Å². The fraction of sp³-hybridized carbons (Fsp3) is 0.538. The van der Waals surface area contributed by atoms with Crippen LogP contribution in [-0.4, -0.2) is 17.0 Å². The molecule has 1 aromatic rings. The lowest BCUT2D eigenvalue weighted by atomic mass is 9.92. The molecular weight excluding hydrogens is 287 g/mol. The molecule has 5 nitrogen and oxygen atoms in total. The molecule has 118 valence electrons. The van der Waals surface area contributed by atoms with Gasteiger partial charge in [-0.1, -0.05) is 13.8 Å². The Morgan fingerprint density at radius 2 is 1.86 bits per heavy atom. The third-order valence-corrected chi connectivity index (χ3v) is 3.66. The summed E-state index contributed by atoms with van der Waals surface area (Å²) in [5, 5.41) is 13.5. The Bertz CT molecular complexity index is 506. The molecular formula is C13H18F3N3O2. The molecule has 0 saturated carbocycles. The SMILES string of the molecule is CCC(CC)(CN)Nc1ccc([N+](=O)[O-])cc1C(F)(F)F. The summed E-state index contributed by atoms with van der Waals surface area (Å²) in [4.78, 5) is 9.79. The summed E-state index contributed by atoms with van der Waals surface area (Å²) < 4.78 is 39.3. The van der Waals surface area contributed by atoms with E-state index in [2.05, 4.69) is 5.32 Å². The summed E-state index contributed by atoms with van der Waals surface area (Å²) in [7, 11) is 0. The molecule has 0 atom stereocenters. The number of anilines is 1. The van der Waals surface area contributed by atoms with Crippen molar-refractivity contribution in [1.82, 2.24) is 0 Å². The average molecular weight is 305 g/mol. The van der Waals surface area contributed by atoms with Crippen LogP contribution in [0, 0.1) is 10.1 Å². The molecule has 1 aromatic carbocycles. The van der Waals surface area contributed by atoms with Gasteiger partial charge in [0.25, 0.3) is 5.69 Å². The van der Waals surface area contributed by atoms with Crippen molar-refractivity contribution in [3.8, 4) is 0 Å². The molecule has 0 radical (unpaired) electrons. The van der Waals surface area contributed by atoms with E-state index < -0.39 is 27.9 Å². The third kappa shape index (κ3) is 3.84. The van der Waals surface area contributed by atoms with E-state index in [0.717, 1.165) is 12.1 Å². The first-order chi connectivity index (χ1) is 9.69. The van der Waals surface area contributed by atoms with E-state index in [1.54, 1.807) is 0 Å². The van der Waals surface area contributed by atoms with Gasteiger partial charge in [-0.15, -0.1) is 0 Å². The number of nitrogens with zero attached hydrogens (tertiary/aromatic N) is 1. The standard InChI is InChI=1S/C13H18F3N3O2/c1-3-12(4-2,8-17)18-11-6-5-9(19(20)21)7-10(11)13(14,15)16/h5-7,18H,3-4,8,17H2,1-2H3. The Morgan fingerprint density at radius 1 is 1.29 bits per heavy atom. The van der Waals surface area contributed by atoms with Crippen molar-refractivity contribution in [2.24, 2.45) is 5.73 Å². The Hall–Kier alpha value is -1.83. The van der Waals surface area contributed by atoms with E-state index in [1.807, 2.05) is 13.8 Å². The summed E-state index contributed by atoms with van der Waals surface area (Å²) in [5.74, 6) is 0. The van der Waals surface area contributed by atoms with Crippen LogP contribution in [0.4, 0.5) is 24.5 Å². The van der Waals surface area contributed by atoms with Gasteiger partial charge in [-0.2, -0.15) is 13.2 Å². The second kappa shape index (κ2) is 6.30. The van der Waals surface area contributed by atoms with Gasteiger partial charge in [0.1, 0.15) is 0 Å². The summed E-state index contributed by atoms with van der Waals surface area (Å²) >= 11 is 0. The van der Waals surface area contributed by atoms with Gasteiger partial charge in [0.15, 0.2) is 0 Å². The third-order valence-electron chi connectivity index (χ3n) is 3.66. The van der Waals surface area contributed by atoms with Gasteiger partial charge in [0.05, 0.1) is 10.5 Å². The van der Waals surface area contributed by atoms with Crippen LogP contribution in [0.25, 0.3) is 0 Å². The Kier molecular flexibility index (Phi) is 5.16. The van der Waals surface area contributed by atoms with Crippen LogP contribution in [0.3, 0.4) is 0 Å². The van der Waals surface area contributed by atoms with Crippen LogP contribution in [0.5, 0.6) is 0 Å². The van der Waals surface area contributed by atoms with Crippen molar-refractivity contribution >= 4 is 11.4 Å². The minimum absolute atomic E-state index is 0.161. The Morgan fingerprint density at radius 3 is 2.24 bits per heavy atom. The first-order valence-corrected chi connectivity index (χ1v) is 6.53. The average Bonchev–Trinajstić information content (AvgIpc) is 2.43. The molecule has 0 aliphatic rings. The Balaban J connectivity index is 3.32. The van der Waals surface area contributed by atoms with E-state index in [9.17, 15) is 23.3 Å². The number of nitrogens with two attached hydrogens (primary N) is 1. The molecule has 0 aromatic heterocycles. The van der Waals surface area contributed by atoms with E-state index in [1.165, 1.54) is 0 Å². The second-order valence-electron chi connectivity index (χ2n) is 4.80. The van der Waals surface area contributed by atoms with Gasteiger partial charge in [-0.3, -0.25) is 10.1 Å². The number of rotatable bonds is 6. The number of alkyl halides is 3. The number of nitro benzene ring substituents is 1. The highest BCUT2D eigenvalue weighted by molar-refractivity contribution is 5.58. The lowest BCUT2D eigenvalue weighted by molar-refractivity contribution is -0.385. The van der Waals surface area contributed by atoms with Crippen molar-refractivity contribution in [3.63, 3.8) is 0 Å². The van der Waals surface area contributed by atoms with E-state index >= 15 is 0 Å². The monoisotopic (exact) mass is 305 g/mol. The summed E-state index contributed by atoms with van der Waals surface area (Å²) in [6, 6.07) is 2.66. The van der Waals surface area contributed by atoms with Gasteiger partial charge in [-0.05, 0) is 18.9 Å². The number of hydrogen-bond acceptors (Lipinski definition) is 4. The molecule has 3 N–H and O–H groups in total. The normalized spacial score (nSPS) is 12.3. The number of halogens is 3. The van der Waals surface area contributed by atoms with E-state index in [0.29, 0.717) is 18.9 Å². The molecule has 0 aliphatic heterocycles. The first kappa shape index (κ1) is 17.2. The molecule has 0 unspecified atom stereocenters. The van der Waals surface area contributed by atoms with Gasteiger partial charge in [0, 0.05) is 29.9 Å². The molecule has 21 heavy (non-hydrogen) atoms. The highest BCUT2D eigenvalue weighted by atomic mass is 19.4. The minimum Gasteiger partial charge on any atom is -0.378 e. The van der Waals surface area contributed by atoms with Gasteiger partial charge in [0.2, 0.25) is 0 Å². The highest BCUT2D eigenvalue weighted by Crippen LogP contribution is 2.38. The minimum atomic E-state index is -4.68. The van der Waals surface area contributed by atoms with Crippen molar-refractivity contribution < 1.29 is 18.1 Å². The molecule has 0 saturated heterocycles. The van der Waals surface area contributed by atoms with Crippen LogP contribution in [0.2, 0.25) is 0 Å². The van der Waals surface area contributed by atoms with Crippen molar-refractivity contribution in [1.29, 1.82) is 0 Å². The summed E-state index contributed by atoms with van der Waals surface area (Å²) in [5.41, 5.74) is 3.14. The fourth-order valence-electron chi connectivity index (χ4n) is 2.04. The highest BCUT2D eigenvalue weighted by Gasteiger charge is 2.37. The molecule has 0 bridgehead atoms.